The Bertz CT molecular complexity index is 800. The zero-order chi connectivity index (χ0) is 21.0. The van der Waals surface area contributed by atoms with E-state index in [1.54, 1.807) is 6.92 Å². The lowest BCUT2D eigenvalue weighted by atomic mass is 9.84. The molecule has 1 aromatic carbocycles. The van der Waals surface area contributed by atoms with Crippen molar-refractivity contribution in [2.45, 2.75) is 25.5 Å². The number of hydrogen-bond donors (Lipinski definition) is 3. The molecule has 0 radical (unpaired) electrons. The lowest BCUT2D eigenvalue weighted by Crippen LogP contribution is -2.37. The fourth-order valence-corrected chi connectivity index (χ4v) is 3.35. The molecule has 1 unspecified atom stereocenters. The molecule has 0 aromatic heterocycles. The molecule has 1 aliphatic heterocycles. The van der Waals surface area contributed by atoms with E-state index >= 15 is 0 Å². The molecule has 10 nitrogen and oxygen atoms in total. The van der Waals surface area contributed by atoms with E-state index in [1.165, 1.54) is 18.2 Å². The molecule has 3 N–H and O–H groups in total. The molecule has 2 rings (SSSR count). The summed E-state index contributed by atoms with van der Waals surface area (Å²) in [6.07, 6.45) is -2.25. The third-order valence-corrected chi connectivity index (χ3v) is 4.69. The molecule has 10 heteroatoms. The fourth-order valence-electron chi connectivity index (χ4n) is 3.35. The first-order valence-electron chi connectivity index (χ1n) is 8.40. The quantitative estimate of drug-likeness (QED) is 0.258. The van der Waals surface area contributed by atoms with Gasteiger partial charge in [0.2, 0.25) is 6.10 Å². The van der Waals surface area contributed by atoms with E-state index in [-0.39, 0.29) is 17.9 Å². The number of ether oxygens (including phenoxy) is 1. The van der Waals surface area contributed by atoms with Crippen LogP contribution < -0.4 is 5.32 Å². The minimum absolute atomic E-state index is 0.274. The van der Waals surface area contributed by atoms with Gasteiger partial charge in [0.1, 0.15) is 6.04 Å². The van der Waals surface area contributed by atoms with Gasteiger partial charge in [-0.05, 0) is 18.9 Å². The Morgan fingerprint density at radius 1 is 1.36 bits per heavy atom. The average molecular weight is 392 g/mol. The van der Waals surface area contributed by atoms with Crippen LogP contribution in [-0.4, -0.2) is 45.6 Å². The van der Waals surface area contributed by atoms with Crippen molar-refractivity contribution in [3.05, 3.63) is 52.1 Å². The molecule has 150 valence electrons. The molecule has 1 aromatic rings. The first-order chi connectivity index (χ1) is 13.1. The lowest BCUT2D eigenvalue weighted by molar-refractivity contribution is -0.386. The van der Waals surface area contributed by atoms with Crippen molar-refractivity contribution in [1.29, 1.82) is 0 Å². The number of nitrogens with zero attached hydrogens (tertiary/aromatic N) is 1. The van der Waals surface area contributed by atoms with Crippen LogP contribution in [-0.2, 0) is 19.1 Å². The summed E-state index contributed by atoms with van der Waals surface area (Å²) >= 11 is 0. The summed E-state index contributed by atoms with van der Waals surface area (Å²) in [6, 6.07) is 4.05. The Labute approximate surface area is 160 Å². The molecule has 4 atom stereocenters. The van der Waals surface area contributed by atoms with E-state index < -0.39 is 46.6 Å². The van der Waals surface area contributed by atoms with Gasteiger partial charge in [0.15, 0.2) is 0 Å². The van der Waals surface area contributed by atoms with Gasteiger partial charge < -0.3 is 20.3 Å². The summed E-state index contributed by atoms with van der Waals surface area (Å²) in [5.41, 5.74) is -0.0832. The van der Waals surface area contributed by atoms with Crippen molar-refractivity contribution in [1.82, 2.24) is 5.32 Å². The highest BCUT2D eigenvalue weighted by molar-refractivity contribution is 5.81. The van der Waals surface area contributed by atoms with Gasteiger partial charge in [0, 0.05) is 18.5 Å². The number of carboxylic acids is 2. The Hall–Kier alpha value is -3.27. The Morgan fingerprint density at radius 2 is 2.00 bits per heavy atom. The maximum Gasteiger partial charge on any atom is 0.350 e. The molecule has 1 saturated heterocycles. The number of rotatable bonds is 8. The molecule has 0 bridgehead atoms. The molecule has 28 heavy (non-hydrogen) atoms. The van der Waals surface area contributed by atoms with Crippen LogP contribution in [0.25, 0.3) is 0 Å². The van der Waals surface area contributed by atoms with Crippen molar-refractivity contribution in [3.63, 3.8) is 0 Å². The van der Waals surface area contributed by atoms with Crippen LogP contribution in [0.2, 0.25) is 0 Å². The number of carboxylic acid groups (broad SMARTS) is 2. The van der Waals surface area contributed by atoms with E-state index in [0.29, 0.717) is 12.1 Å². The molecular weight excluding hydrogens is 372 g/mol. The largest absolute Gasteiger partial charge is 0.480 e. The first kappa shape index (κ1) is 21.0. The van der Waals surface area contributed by atoms with E-state index in [0.717, 1.165) is 6.07 Å². The summed E-state index contributed by atoms with van der Waals surface area (Å²) in [5, 5.41) is 32.7. The SMILES string of the molecule is C=C(C)[C@H]1CN[C@H](C(=O)O)[C@H]1CC(=O)OC(C(=O)O)c1ccccc1[N+](=O)[O-]. The summed E-state index contributed by atoms with van der Waals surface area (Å²) in [4.78, 5) is 45.8. The zero-order valence-corrected chi connectivity index (χ0v) is 15.0. The average Bonchev–Trinajstić information content (AvgIpc) is 3.03. The third kappa shape index (κ3) is 4.52. The molecule has 0 amide bonds. The number of para-hydroxylation sites is 1. The van der Waals surface area contributed by atoms with Crippen molar-refractivity contribution in [2.24, 2.45) is 11.8 Å². The molecule has 0 aliphatic carbocycles. The minimum atomic E-state index is -1.88. The number of carbonyl (C=O) groups excluding carboxylic acids is 1. The van der Waals surface area contributed by atoms with Crippen molar-refractivity contribution >= 4 is 23.6 Å². The lowest BCUT2D eigenvalue weighted by Gasteiger charge is -2.22. The first-order valence-corrected chi connectivity index (χ1v) is 8.40. The topological polar surface area (TPSA) is 156 Å². The fraction of sp³-hybridized carbons (Fsp3) is 0.389. The highest BCUT2D eigenvalue weighted by Crippen LogP contribution is 2.33. The van der Waals surface area contributed by atoms with Gasteiger partial charge in [-0.25, -0.2) is 4.79 Å². The maximum atomic E-state index is 12.4. The highest BCUT2D eigenvalue weighted by Gasteiger charge is 2.42. The van der Waals surface area contributed by atoms with E-state index in [9.17, 15) is 34.7 Å². The van der Waals surface area contributed by atoms with Gasteiger partial charge in [-0.2, -0.15) is 0 Å². The molecule has 0 spiro atoms. The predicted octanol–water partition coefficient (Wildman–Crippen LogP) is 1.52. The number of nitro groups is 1. The van der Waals surface area contributed by atoms with Crippen LogP contribution in [0.15, 0.2) is 36.4 Å². The third-order valence-electron chi connectivity index (χ3n) is 4.69. The van der Waals surface area contributed by atoms with Crippen LogP contribution in [0, 0.1) is 22.0 Å². The van der Waals surface area contributed by atoms with Crippen molar-refractivity contribution in [2.75, 3.05) is 6.54 Å². The van der Waals surface area contributed by atoms with Gasteiger partial charge in [0.25, 0.3) is 5.69 Å². The van der Waals surface area contributed by atoms with Gasteiger partial charge in [-0.1, -0.05) is 24.3 Å². The number of aliphatic carboxylic acids is 2. The van der Waals surface area contributed by atoms with Gasteiger partial charge in [-0.15, -0.1) is 0 Å². The highest BCUT2D eigenvalue weighted by atomic mass is 16.6. The number of nitro benzene ring substituents is 1. The number of carbonyl (C=O) groups is 3. The van der Waals surface area contributed by atoms with Crippen LogP contribution in [0.4, 0.5) is 5.69 Å². The summed E-state index contributed by atoms with van der Waals surface area (Å²) in [7, 11) is 0. The molecular formula is C18H20N2O8. The number of hydrogen-bond acceptors (Lipinski definition) is 7. The number of nitrogens with one attached hydrogen (secondary N) is 1. The summed E-state index contributed by atoms with van der Waals surface area (Å²) in [6.45, 7) is 5.83. The second-order valence-corrected chi connectivity index (χ2v) is 6.57. The molecule has 1 heterocycles. The van der Waals surface area contributed by atoms with Gasteiger partial charge in [0.05, 0.1) is 16.9 Å². The van der Waals surface area contributed by atoms with E-state index in [2.05, 4.69) is 11.9 Å². The predicted molar refractivity (Wildman–Crippen MR) is 95.4 cm³/mol. The monoisotopic (exact) mass is 392 g/mol. The zero-order valence-electron chi connectivity index (χ0n) is 15.0. The normalized spacial score (nSPS) is 22.2. The minimum Gasteiger partial charge on any atom is -0.480 e. The van der Waals surface area contributed by atoms with Gasteiger partial charge in [-0.3, -0.25) is 19.7 Å². The summed E-state index contributed by atoms with van der Waals surface area (Å²) < 4.78 is 5.01. The van der Waals surface area contributed by atoms with Gasteiger partial charge >= 0.3 is 17.9 Å². The van der Waals surface area contributed by atoms with Crippen LogP contribution in [0.3, 0.4) is 0 Å². The summed E-state index contributed by atoms with van der Waals surface area (Å²) in [5.74, 6) is -4.66. The van der Waals surface area contributed by atoms with Crippen molar-refractivity contribution in [3.8, 4) is 0 Å². The molecule has 1 fully saturated rings. The Morgan fingerprint density at radius 3 is 2.54 bits per heavy atom. The van der Waals surface area contributed by atoms with Crippen molar-refractivity contribution < 1.29 is 34.3 Å². The van der Waals surface area contributed by atoms with Crippen LogP contribution in [0.5, 0.6) is 0 Å². The second-order valence-electron chi connectivity index (χ2n) is 6.57. The smallest absolute Gasteiger partial charge is 0.350 e. The van der Waals surface area contributed by atoms with Crippen LogP contribution in [0.1, 0.15) is 25.0 Å². The molecule has 0 saturated carbocycles. The number of benzene rings is 1. The maximum absolute atomic E-state index is 12.4. The molecule has 1 aliphatic rings. The number of esters is 1. The van der Waals surface area contributed by atoms with Crippen LogP contribution >= 0.6 is 0 Å². The van der Waals surface area contributed by atoms with E-state index in [4.69, 9.17) is 4.74 Å². The second kappa shape index (κ2) is 8.61. The Kier molecular flexibility index (Phi) is 6.47. The standard InChI is InChI=1S/C18H20N2O8/c1-9(2)12-8-19-15(17(22)23)11(12)7-14(21)28-16(18(24)25)10-5-3-4-6-13(10)20(26)27/h3-6,11-12,15-16,19H,1,7-8H2,2H3,(H,22,23)(H,24,25)/t11-,12+,15-,16?/m0/s1. The van der Waals surface area contributed by atoms with E-state index in [1.807, 2.05) is 0 Å². The Balaban J connectivity index is 2.23.